The number of hydrogen-bond acceptors (Lipinski definition) is 3. The molecule has 0 spiro atoms. The van der Waals surface area contributed by atoms with Crippen molar-refractivity contribution in [2.75, 3.05) is 26.2 Å². The number of hydrogen-bond donors (Lipinski definition) is 1. The SMILES string of the molecule is CCCC(=O)NCC1CCCN(CC(=O)N(Cc2ccc(F)cc2)C2CCCCC2)C1. The van der Waals surface area contributed by atoms with Crippen LogP contribution >= 0.6 is 0 Å². The Kier molecular flexibility index (Phi) is 9.31. The molecule has 0 radical (unpaired) electrons. The second kappa shape index (κ2) is 12.2. The first-order valence-electron chi connectivity index (χ1n) is 12.1. The van der Waals surface area contributed by atoms with E-state index in [-0.39, 0.29) is 23.7 Å². The highest BCUT2D eigenvalue weighted by Gasteiger charge is 2.28. The fraction of sp³-hybridized carbons (Fsp3) is 0.680. The predicted molar refractivity (Wildman–Crippen MR) is 121 cm³/mol. The Morgan fingerprint density at radius 3 is 2.55 bits per heavy atom. The number of carbonyl (C=O) groups is 2. The van der Waals surface area contributed by atoms with Crippen molar-refractivity contribution < 1.29 is 14.0 Å². The van der Waals surface area contributed by atoms with E-state index in [0.29, 0.717) is 32.0 Å². The number of halogens is 1. The van der Waals surface area contributed by atoms with Crippen molar-refractivity contribution >= 4 is 11.8 Å². The third-order valence-electron chi connectivity index (χ3n) is 6.63. The smallest absolute Gasteiger partial charge is 0.237 e. The average molecular weight is 432 g/mol. The van der Waals surface area contributed by atoms with Crippen molar-refractivity contribution in [3.63, 3.8) is 0 Å². The van der Waals surface area contributed by atoms with Gasteiger partial charge in [-0.2, -0.15) is 0 Å². The Labute approximate surface area is 186 Å². The van der Waals surface area contributed by atoms with Gasteiger partial charge in [0.1, 0.15) is 5.82 Å². The lowest BCUT2D eigenvalue weighted by molar-refractivity contribution is -0.136. The number of nitrogens with zero attached hydrogens (tertiary/aromatic N) is 2. The fourth-order valence-electron chi connectivity index (χ4n) is 4.92. The van der Waals surface area contributed by atoms with E-state index in [1.807, 2.05) is 11.8 Å². The van der Waals surface area contributed by atoms with Crippen LogP contribution in [-0.4, -0.2) is 53.8 Å². The first kappa shape index (κ1) is 23.7. The van der Waals surface area contributed by atoms with Crippen LogP contribution in [0.3, 0.4) is 0 Å². The van der Waals surface area contributed by atoms with Gasteiger partial charge in [0.25, 0.3) is 0 Å². The van der Waals surface area contributed by atoms with E-state index in [2.05, 4.69) is 10.2 Å². The second-order valence-corrected chi connectivity index (χ2v) is 9.24. The summed E-state index contributed by atoms with van der Waals surface area (Å²) in [5, 5.41) is 3.05. The Morgan fingerprint density at radius 2 is 1.84 bits per heavy atom. The fourth-order valence-corrected chi connectivity index (χ4v) is 4.92. The molecule has 1 N–H and O–H groups in total. The van der Waals surface area contributed by atoms with Gasteiger partial charge in [-0.05, 0) is 62.3 Å². The molecule has 1 saturated heterocycles. The highest BCUT2D eigenvalue weighted by Crippen LogP contribution is 2.25. The van der Waals surface area contributed by atoms with Gasteiger partial charge in [-0.1, -0.05) is 38.3 Å². The number of carbonyl (C=O) groups excluding carboxylic acids is 2. The maximum absolute atomic E-state index is 13.4. The molecule has 31 heavy (non-hydrogen) atoms. The van der Waals surface area contributed by atoms with E-state index in [1.165, 1.54) is 31.4 Å². The van der Waals surface area contributed by atoms with E-state index in [1.54, 1.807) is 12.1 Å². The molecule has 1 saturated carbocycles. The van der Waals surface area contributed by atoms with Crippen molar-refractivity contribution in [1.82, 2.24) is 15.1 Å². The molecule has 0 aromatic heterocycles. The van der Waals surface area contributed by atoms with Gasteiger partial charge in [-0.15, -0.1) is 0 Å². The molecular weight excluding hydrogens is 393 g/mol. The first-order valence-corrected chi connectivity index (χ1v) is 12.1. The number of likely N-dealkylation sites (tertiary alicyclic amines) is 1. The molecule has 1 unspecified atom stereocenters. The van der Waals surface area contributed by atoms with Gasteiger partial charge in [0.2, 0.25) is 11.8 Å². The van der Waals surface area contributed by atoms with Crippen LogP contribution in [0.4, 0.5) is 4.39 Å². The number of benzene rings is 1. The van der Waals surface area contributed by atoms with E-state index in [0.717, 1.165) is 50.8 Å². The molecule has 1 atom stereocenters. The third-order valence-corrected chi connectivity index (χ3v) is 6.63. The predicted octanol–water partition coefficient (Wildman–Crippen LogP) is 4.12. The Bertz CT molecular complexity index is 703. The van der Waals surface area contributed by atoms with Crippen LogP contribution in [0, 0.1) is 11.7 Å². The van der Waals surface area contributed by atoms with E-state index in [4.69, 9.17) is 0 Å². The highest BCUT2D eigenvalue weighted by molar-refractivity contribution is 5.78. The molecule has 6 heteroatoms. The average Bonchev–Trinajstić information content (AvgIpc) is 2.78. The minimum Gasteiger partial charge on any atom is -0.356 e. The lowest BCUT2D eigenvalue weighted by atomic mass is 9.93. The first-order chi connectivity index (χ1) is 15.0. The summed E-state index contributed by atoms with van der Waals surface area (Å²) in [5.74, 6) is 0.456. The number of piperidine rings is 1. The van der Waals surface area contributed by atoms with E-state index in [9.17, 15) is 14.0 Å². The topological polar surface area (TPSA) is 52.7 Å². The van der Waals surface area contributed by atoms with Crippen molar-refractivity contribution in [3.8, 4) is 0 Å². The minimum absolute atomic E-state index is 0.124. The van der Waals surface area contributed by atoms with Crippen molar-refractivity contribution in [1.29, 1.82) is 0 Å². The normalized spacial score (nSPS) is 20.4. The van der Waals surface area contributed by atoms with Crippen LogP contribution in [0.1, 0.15) is 70.3 Å². The molecule has 2 amide bonds. The van der Waals surface area contributed by atoms with Crippen LogP contribution in [0.5, 0.6) is 0 Å². The van der Waals surface area contributed by atoms with Gasteiger partial charge < -0.3 is 10.2 Å². The third kappa shape index (κ3) is 7.60. The van der Waals surface area contributed by atoms with Gasteiger partial charge in [-0.25, -0.2) is 4.39 Å². The molecule has 1 aromatic rings. The zero-order valence-corrected chi connectivity index (χ0v) is 19.0. The zero-order valence-electron chi connectivity index (χ0n) is 19.0. The molecule has 5 nitrogen and oxygen atoms in total. The second-order valence-electron chi connectivity index (χ2n) is 9.24. The zero-order chi connectivity index (χ0) is 22.1. The summed E-state index contributed by atoms with van der Waals surface area (Å²) >= 11 is 0. The molecule has 1 heterocycles. The minimum atomic E-state index is -0.246. The molecule has 1 aliphatic carbocycles. The maximum Gasteiger partial charge on any atom is 0.237 e. The lowest BCUT2D eigenvalue weighted by Gasteiger charge is -2.38. The Hall–Kier alpha value is -1.95. The molecule has 1 aliphatic heterocycles. The highest BCUT2D eigenvalue weighted by atomic mass is 19.1. The quantitative estimate of drug-likeness (QED) is 0.640. The van der Waals surface area contributed by atoms with Crippen molar-refractivity contribution in [2.45, 2.75) is 77.3 Å². The van der Waals surface area contributed by atoms with Crippen LogP contribution in [0.2, 0.25) is 0 Å². The largest absolute Gasteiger partial charge is 0.356 e. The lowest BCUT2D eigenvalue weighted by Crippen LogP contribution is -2.49. The van der Waals surface area contributed by atoms with Crippen LogP contribution in [0.25, 0.3) is 0 Å². The Morgan fingerprint density at radius 1 is 1.10 bits per heavy atom. The van der Waals surface area contributed by atoms with Crippen molar-refractivity contribution in [3.05, 3.63) is 35.6 Å². The van der Waals surface area contributed by atoms with Crippen LogP contribution in [-0.2, 0) is 16.1 Å². The summed E-state index contributed by atoms with van der Waals surface area (Å²) < 4.78 is 13.3. The van der Waals surface area contributed by atoms with Gasteiger partial charge in [0.15, 0.2) is 0 Å². The number of nitrogens with one attached hydrogen (secondary N) is 1. The molecule has 1 aromatic carbocycles. The molecule has 2 fully saturated rings. The maximum atomic E-state index is 13.4. The van der Waals surface area contributed by atoms with Crippen LogP contribution in [0.15, 0.2) is 24.3 Å². The standard InChI is InChI=1S/C25H38FN3O2/c1-2-7-24(30)27-16-21-8-6-15-28(17-21)19-25(31)29(23-9-4-3-5-10-23)18-20-11-13-22(26)14-12-20/h11-14,21,23H,2-10,15-19H2,1H3,(H,27,30). The summed E-state index contributed by atoms with van der Waals surface area (Å²) in [6.45, 7) is 5.47. The molecule has 172 valence electrons. The molecule has 3 rings (SSSR count). The summed E-state index contributed by atoms with van der Waals surface area (Å²) in [6, 6.07) is 6.80. The number of rotatable bonds is 9. The van der Waals surface area contributed by atoms with Gasteiger partial charge >= 0.3 is 0 Å². The molecular formula is C25H38FN3O2. The van der Waals surface area contributed by atoms with Gasteiger partial charge in [0, 0.05) is 32.1 Å². The van der Waals surface area contributed by atoms with Gasteiger partial charge in [-0.3, -0.25) is 14.5 Å². The summed E-state index contributed by atoms with van der Waals surface area (Å²) in [5.41, 5.74) is 0.982. The Balaban J connectivity index is 1.58. The van der Waals surface area contributed by atoms with E-state index < -0.39 is 0 Å². The monoisotopic (exact) mass is 431 g/mol. The molecule has 2 aliphatic rings. The summed E-state index contributed by atoms with van der Waals surface area (Å²) in [6.07, 6.45) is 9.28. The van der Waals surface area contributed by atoms with Gasteiger partial charge in [0.05, 0.1) is 6.54 Å². The summed E-state index contributed by atoms with van der Waals surface area (Å²) in [4.78, 5) is 29.5. The van der Waals surface area contributed by atoms with Crippen LogP contribution < -0.4 is 5.32 Å². The number of amides is 2. The van der Waals surface area contributed by atoms with E-state index >= 15 is 0 Å². The van der Waals surface area contributed by atoms with Crippen molar-refractivity contribution in [2.24, 2.45) is 5.92 Å². The molecule has 0 bridgehead atoms. The summed E-state index contributed by atoms with van der Waals surface area (Å²) in [7, 11) is 0.